The number of hydrogen-bond donors (Lipinski definition) is 4. The largest absolute Gasteiger partial charge is 0.481 e. The third-order valence-corrected chi connectivity index (χ3v) is 10.0. The first kappa shape index (κ1) is 41.9. The quantitative estimate of drug-likeness (QED) is 0.170. The highest BCUT2D eigenvalue weighted by Gasteiger charge is 2.45. The molecule has 2 saturated heterocycles. The lowest BCUT2D eigenvalue weighted by Crippen LogP contribution is -2.61. The molecule has 2 aliphatic heterocycles. The standard InChI is InChI=1S/C34H59N5O10/c1-11-19(3)26(32(46)38(10)28(20(4)12-2)33(47)37(9)22(6)29(43)35-15-13-25(41)42)36-30(44)27-21(5)14-16-39(27)31(45)24(40)17-23-18-48-34(7,8)49-23/h19-24,26-28,40H,11-18H2,1-10H3,(H,35,43)(H,36,44)(H,41,42)/t19-,20-,21-,22-,23+,24+,26-,27-,28-/m0/s1. The summed E-state index contributed by atoms with van der Waals surface area (Å²) in [5, 5.41) is 25.1. The van der Waals surface area contributed by atoms with Gasteiger partial charge in [0.15, 0.2) is 5.79 Å². The van der Waals surface area contributed by atoms with E-state index in [-0.39, 0.29) is 50.3 Å². The molecule has 0 aliphatic carbocycles. The lowest BCUT2D eigenvalue weighted by molar-refractivity contribution is -0.154. The van der Waals surface area contributed by atoms with Crippen LogP contribution in [0, 0.1) is 17.8 Å². The molecule has 2 fully saturated rings. The first-order valence-corrected chi connectivity index (χ1v) is 17.4. The minimum absolute atomic E-state index is 0.0162. The number of amides is 5. The topological polar surface area (TPSA) is 195 Å². The fraction of sp³-hybridized carbons (Fsp3) is 0.824. The van der Waals surface area contributed by atoms with Gasteiger partial charge in [0.1, 0.15) is 30.3 Å². The molecule has 15 heteroatoms. The number of carboxylic acid groups (broad SMARTS) is 1. The van der Waals surface area contributed by atoms with Crippen molar-refractivity contribution in [1.29, 1.82) is 0 Å². The Morgan fingerprint density at radius 2 is 1.59 bits per heavy atom. The number of likely N-dealkylation sites (N-methyl/N-ethyl adjacent to an activating group) is 2. The number of likely N-dealkylation sites (tertiary alicyclic amines) is 1. The maximum absolute atomic E-state index is 14.2. The van der Waals surface area contributed by atoms with Gasteiger partial charge in [-0.2, -0.15) is 0 Å². The number of aliphatic hydroxyl groups excluding tert-OH is 1. The fourth-order valence-electron chi connectivity index (χ4n) is 6.32. The molecule has 280 valence electrons. The smallest absolute Gasteiger partial charge is 0.305 e. The van der Waals surface area contributed by atoms with Crippen LogP contribution in [-0.4, -0.2) is 136 Å². The number of carbonyl (C=O) groups is 6. The van der Waals surface area contributed by atoms with Gasteiger partial charge >= 0.3 is 5.97 Å². The Kier molecular flexibility index (Phi) is 15.5. The zero-order valence-electron chi connectivity index (χ0n) is 30.9. The van der Waals surface area contributed by atoms with Crippen LogP contribution in [0.3, 0.4) is 0 Å². The highest BCUT2D eigenvalue weighted by atomic mass is 16.7. The SMILES string of the molecule is CC[C@H](C)[C@H](NC(=O)[C@@H]1[C@@H](C)CCN1C(=O)[C@H](O)C[C@@H]1COC(C)(C)O1)C(=O)N(C)[C@H](C(=O)N(C)[C@@H](C)C(=O)NCCC(=O)O)[C@@H](C)CC. The molecule has 9 atom stereocenters. The number of hydrogen-bond acceptors (Lipinski definition) is 9. The minimum Gasteiger partial charge on any atom is -0.481 e. The van der Waals surface area contributed by atoms with E-state index < -0.39 is 77.7 Å². The Morgan fingerprint density at radius 1 is 0.980 bits per heavy atom. The Labute approximate surface area is 290 Å². The van der Waals surface area contributed by atoms with Gasteiger partial charge in [-0.05, 0) is 44.9 Å². The van der Waals surface area contributed by atoms with Gasteiger partial charge < -0.3 is 45.0 Å². The fourth-order valence-corrected chi connectivity index (χ4v) is 6.32. The predicted octanol–water partition coefficient (Wildman–Crippen LogP) is 0.968. The second kappa shape index (κ2) is 18.1. The molecular formula is C34H59N5O10. The lowest BCUT2D eigenvalue weighted by atomic mass is 9.92. The Hall–Kier alpha value is -3.30. The summed E-state index contributed by atoms with van der Waals surface area (Å²) in [6, 6.07) is -3.85. The summed E-state index contributed by atoms with van der Waals surface area (Å²) < 4.78 is 11.3. The molecule has 4 N–H and O–H groups in total. The lowest BCUT2D eigenvalue weighted by Gasteiger charge is -2.39. The first-order valence-electron chi connectivity index (χ1n) is 17.4. The number of aliphatic carboxylic acids is 1. The molecular weight excluding hydrogens is 638 g/mol. The molecule has 0 radical (unpaired) electrons. The van der Waals surface area contributed by atoms with Crippen molar-refractivity contribution < 1.29 is 48.5 Å². The highest BCUT2D eigenvalue weighted by molar-refractivity contribution is 5.96. The van der Waals surface area contributed by atoms with Crippen LogP contribution in [0.1, 0.15) is 87.5 Å². The molecule has 0 bridgehead atoms. The van der Waals surface area contributed by atoms with E-state index in [4.69, 9.17) is 14.6 Å². The minimum atomic E-state index is -1.40. The van der Waals surface area contributed by atoms with Crippen LogP contribution in [0.5, 0.6) is 0 Å². The summed E-state index contributed by atoms with van der Waals surface area (Å²) >= 11 is 0. The van der Waals surface area contributed by atoms with Crippen molar-refractivity contribution in [3.8, 4) is 0 Å². The normalized spacial score (nSPS) is 23.8. The van der Waals surface area contributed by atoms with Crippen LogP contribution >= 0.6 is 0 Å². The summed E-state index contributed by atoms with van der Waals surface area (Å²) in [5.41, 5.74) is 0. The van der Waals surface area contributed by atoms with Crippen molar-refractivity contribution in [3.05, 3.63) is 0 Å². The Balaban J connectivity index is 2.24. The van der Waals surface area contributed by atoms with E-state index in [2.05, 4.69) is 10.6 Å². The second-order valence-electron chi connectivity index (χ2n) is 14.2. The molecule has 2 aliphatic rings. The van der Waals surface area contributed by atoms with Crippen LogP contribution in [0.4, 0.5) is 0 Å². The summed E-state index contributed by atoms with van der Waals surface area (Å²) in [4.78, 5) is 82.9. The molecule has 0 spiro atoms. The highest BCUT2D eigenvalue weighted by Crippen LogP contribution is 2.29. The molecule has 0 aromatic carbocycles. The van der Waals surface area contributed by atoms with Crippen molar-refractivity contribution in [3.63, 3.8) is 0 Å². The summed E-state index contributed by atoms with van der Waals surface area (Å²) in [7, 11) is 2.96. The van der Waals surface area contributed by atoms with Crippen LogP contribution in [0.25, 0.3) is 0 Å². The van der Waals surface area contributed by atoms with Gasteiger partial charge in [-0.3, -0.25) is 28.8 Å². The molecule has 5 amide bonds. The van der Waals surface area contributed by atoms with E-state index in [1.807, 2.05) is 34.6 Å². The molecule has 0 aromatic heterocycles. The summed E-state index contributed by atoms with van der Waals surface area (Å²) in [6.07, 6.45) is -0.519. The Bertz CT molecular complexity index is 1200. The van der Waals surface area contributed by atoms with Gasteiger partial charge in [0.2, 0.25) is 23.6 Å². The summed E-state index contributed by atoms with van der Waals surface area (Å²) in [6.45, 7) is 14.7. The number of carboxylic acids is 1. The maximum Gasteiger partial charge on any atom is 0.305 e. The van der Waals surface area contributed by atoms with E-state index in [9.17, 15) is 33.9 Å². The third kappa shape index (κ3) is 10.8. The number of nitrogens with one attached hydrogen (secondary N) is 2. The molecule has 0 saturated carbocycles. The van der Waals surface area contributed by atoms with Crippen LogP contribution < -0.4 is 10.6 Å². The van der Waals surface area contributed by atoms with Crippen molar-refractivity contribution in [1.82, 2.24) is 25.3 Å². The van der Waals surface area contributed by atoms with Crippen LogP contribution in [0.2, 0.25) is 0 Å². The Morgan fingerprint density at radius 3 is 2.12 bits per heavy atom. The van der Waals surface area contributed by atoms with E-state index >= 15 is 0 Å². The average molecular weight is 698 g/mol. The van der Waals surface area contributed by atoms with Gasteiger partial charge in [0.05, 0.1) is 19.1 Å². The molecule has 0 aromatic rings. The van der Waals surface area contributed by atoms with E-state index in [0.29, 0.717) is 19.3 Å². The predicted molar refractivity (Wildman–Crippen MR) is 180 cm³/mol. The van der Waals surface area contributed by atoms with Crippen LogP contribution in [-0.2, 0) is 38.2 Å². The van der Waals surface area contributed by atoms with Gasteiger partial charge in [0, 0.05) is 33.6 Å². The number of rotatable bonds is 17. The first-order chi connectivity index (χ1) is 22.8. The molecule has 49 heavy (non-hydrogen) atoms. The second-order valence-corrected chi connectivity index (χ2v) is 14.2. The number of aliphatic hydroxyl groups is 1. The zero-order chi connectivity index (χ0) is 37.4. The van der Waals surface area contributed by atoms with Gasteiger partial charge in [-0.25, -0.2) is 0 Å². The van der Waals surface area contributed by atoms with Crippen molar-refractivity contribution >= 4 is 35.5 Å². The van der Waals surface area contributed by atoms with Gasteiger partial charge in [-0.1, -0.05) is 47.5 Å². The van der Waals surface area contributed by atoms with Crippen molar-refractivity contribution in [2.24, 2.45) is 17.8 Å². The third-order valence-electron chi connectivity index (χ3n) is 10.0. The number of ether oxygens (including phenoxy) is 2. The maximum atomic E-state index is 14.2. The van der Waals surface area contributed by atoms with E-state index in [0.717, 1.165) is 0 Å². The zero-order valence-corrected chi connectivity index (χ0v) is 30.9. The number of carbonyl (C=O) groups excluding carboxylic acids is 5. The van der Waals surface area contributed by atoms with Crippen molar-refractivity contribution in [2.75, 3.05) is 33.8 Å². The van der Waals surface area contributed by atoms with E-state index in [1.54, 1.807) is 13.8 Å². The van der Waals surface area contributed by atoms with Gasteiger partial charge in [-0.15, -0.1) is 0 Å². The molecule has 0 unspecified atom stereocenters. The summed E-state index contributed by atoms with van der Waals surface area (Å²) in [5.74, 6) is -5.37. The van der Waals surface area contributed by atoms with Gasteiger partial charge in [0.25, 0.3) is 5.91 Å². The molecule has 2 heterocycles. The van der Waals surface area contributed by atoms with Crippen LogP contribution in [0.15, 0.2) is 0 Å². The monoisotopic (exact) mass is 697 g/mol. The van der Waals surface area contributed by atoms with E-state index in [1.165, 1.54) is 35.7 Å². The number of nitrogens with zero attached hydrogens (tertiary/aromatic N) is 3. The molecule has 15 nitrogen and oxygen atoms in total. The molecule has 2 rings (SSSR count). The average Bonchev–Trinajstić information content (AvgIpc) is 3.61. The van der Waals surface area contributed by atoms with Crippen molar-refractivity contribution in [2.45, 2.75) is 130 Å².